The topological polar surface area (TPSA) is 88.6 Å². The number of anilines is 1. The van der Waals surface area contributed by atoms with Crippen LogP contribution in [0, 0.1) is 0 Å². The maximum atomic E-state index is 12.5. The lowest BCUT2D eigenvalue weighted by Gasteiger charge is -2.17. The highest BCUT2D eigenvalue weighted by Gasteiger charge is 2.19. The zero-order valence-electron chi connectivity index (χ0n) is 17.2. The fraction of sp³-hybridized carbons (Fsp3) is 0.130. The number of nitrogens with one attached hydrogen (secondary N) is 1. The minimum Gasteiger partial charge on any atom is -0.452 e. The van der Waals surface area contributed by atoms with Crippen LogP contribution >= 0.6 is 23.4 Å². The summed E-state index contributed by atoms with van der Waals surface area (Å²) in [5.41, 5.74) is 0.708. The molecule has 0 aliphatic heterocycles. The van der Waals surface area contributed by atoms with Crippen LogP contribution in [0.1, 0.15) is 10.4 Å². The Kier molecular flexibility index (Phi) is 8.24. The van der Waals surface area contributed by atoms with Gasteiger partial charge in [0.05, 0.1) is 22.8 Å². The Bertz CT molecular complexity index is 1110. The molecule has 3 aromatic rings. The first kappa shape index (κ1) is 23.3. The van der Waals surface area contributed by atoms with Gasteiger partial charge in [0.2, 0.25) is 5.91 Å². The molecular formula is C23H20ClN3O4S. The molecule has 2 amide bonds. The normalized spacial score (nSPS) is 10.3. The van der Waals surface area contributed by atoms with E-state index in [9.17, 15) is 14.4 Å². The number of ether oxygens (including phenoxy) is 1. The zero-order valence-corrected chi connectivity index (χ0v) is 18.7. The number of hydrogen-bond acceptors (Lipinski definition) is 6. The minimum atomic E-state index is -0.668. The van der Waals surface area contributed by atoms with E-state index in [1.807, 2.05) is 30.3 Å². The summed E-state index contributed by atoms with van der Waals surface area (Å²) >= 11 is 7.34. The van der Waals surface area contributed by atoms with Crippen molar-refractivity contribution >= 4 is 46.8 Å². The van der Waals surface area contributed by atoms with Gasteiger partial charge < -0.3 is 15.0 Å². The van der Waals surface area contributed by atoms with Crippen LogP contribution < -0.4 is 5.32 Å². The summed E-state index contributed by atoms with van der Waals surface area (Å²) in [4.78, 5) is 43.4. The predicted molar refractivity (Wildman–Crippen MR) is 123 cm³/mol. The van der Waals surface area contributed by atoms with E-state index in [-0.39, 0.29) is 12.1 Å². The van der Waals surface area contributed by atoms with Crippen LogP contribution in [0.15, 0.2) is 82.8 Å². The smallest absolute Gasteiger partial charge is 0.341 e. The monoisotopic (exact) mass is 469 g/mol. The second kappa shape index (κ2) is 11.3. The standard InChI is InChI=1S/C23H20ClN3O4S/c1-27(14-20(28)26-19-12-6-5-11-18(19)24)21(29)15-31-23(30)17-10-7-13-25-22(17)32-16-8-3-2-4-9-16/h2-13H,14-15H2,1H3,(H,26,28). The summed E-state index contributed by atoms with van der Waals surface area (Å²) in [6.45, 7) is -0.720. The third-order valence-electron chi connectivity index (χ3n) is 4.23. The van der Waals surface area contributed by atoms with Gasteiger partial charge in [-0.1, -0.05) is 53.7 Å². The van der Waals surface area contributed by atoms with Crippen molar-refractivity contribution in [2.45, 2.75) is 9.92 Å². The van der Waals surface area contributed by atoms with Gasteiger partial charge in [0.15, 0.2) is 6.61 Å². The highest BCUT2D eigenvalue weighted by molar-refractivity contribution is 7.99. The zero-order chi connectivity index (χ0) is 22.9. The number of carbonyl (C=O) groups is 3. The Morgan fingerprint density at radius 3 is 2.50 bits per heavy atom. The fourth-order valence-corrected chi connectivity index (χ4v) is 3.67. The fourth-order valence-electron chi connectivity index (χ4n) is 2.60. The van der Waals surface area contributed by atoms with Gasteiger partial charge in [-0.15, -0.1) is 0 Å². The highest BCUT2D eigenvalue weighted by Crippen LogP contribution is 2.28. The van der Waals surface area contributed by atoms with Crippen LogP contribution in [0.3, 0.4) is 0 Å². The van der Waals surface area contributed by atoms with Gasteiger partial charge >= 0.3 is 5.97 Å². The maximum Gasteiger partial charge on any atom is 0.341 e. The van der Waals surface area contributed by atoms with Crippen molar-refractivity contribution in [2.24, 2.45) is 0 Å². The molecule has 0 saturated carbocycles. The van der Waals surface area contributed by atoms with Crippen molar-refractivity contribution in [1.82, 2.24) is 9.88 Å². The molecule has 0 fully saturated rings. The summed E-state index contributed by atoms with van der Waals surface area (Å²) < 4.78 is 5.17. The molecule has 3 rings (SSSR count). The molecule has 1 aromatic heterocycles. The third kappa shape index (κ3) is 6.57. The predicted octanol–water partition coefficient (Wildman–Crippen LogP) is 4.14. The van der Waals surface area contributed by atoms with Gasteiger partial charge in [0, 0.05) is 18.1 Å². The number of halogens is 1. The Hall–Kier alpha value is -3.36. The average molecular weight is 470 g/mol. The molecular weight excluding hydrogens is 450 g/mol. The van der Waals surface area contributed by atoms with Crippen LogP contribution in [0.5, 0.6) is 0 Å². The lowest BCUT2D eigenvalue weighted by molar-refractivity contribution is -0.136. The molecule has 7 nitrogen and oxygen atoms in total. The van der Waals surface area contributed by atoms with E-state index in [4.69, 9.17) is 16.3 Å². The van der Waals surface area contributed by atoms with Crippen LogP contribution in [-0.4, -0.2) is 47.9 Å². The van der Waals surface area contributed by atoms with Crippen molar-refractivity contribution in [3.05, 3.63) is 83.5 Å². The molecule has 0 aliphatic carbocycles. The van der Waals surface area contributed by atoms with E-state index < -0.39 is 24.4 Å². The van der Waals surface area contributed by atoms with Crippen LogP contribution in [0.25, 0.3) is 0 Å². The largest absolute Gasteiger partial charge is 0.452 e. The molecule has 0 aliphatic rings. The highest BCUT2D eigenvalue weighted by atomic mass is 35.5. The van der Waals surface area contributed by atoms with Gasteiger partial charge in [-0.3, -0.25) is 9.59 Å². The number of aromatic nitrogens is 1. The van der Waals surface area contributed by atoms with E-state index in [0.29, 0.717) is 15.7 Å². The number of para-hydroxylation sites is 1. The quantitative estimate of drug-likeness (QED) is 0.499. The number of benzene rings is 2. The van der Waals surface area contributed by atoms with Gasteiger partial charge in [0.25, 0.3) is 5.91 Å². The molecule has 9 heteroatoms. The molecule has 0 spiro atoms. The summed E-state index contributed by atoms with van der Waals surface area (Å²) in [6.07, 6.45) is 1.58. The number of hydrogen-bond donors (Lipinski definition) is 1. The molecule has 0 radical (unpaired) electrons. The van der Waals surface area contributed by atoms with Crippen molar-refractivity contribution in [3.63, 3.8) is 0 Å². The molecule has 0 atom stereocenters. The summed E-state index contributed by atoms with van der Waals surface area (Å²) in [5, 5.41) is 3.50. The number of amides is 2. The molecule has 0 bridgehead atoms. The molecule has 1 N–H and O–H groups in total. The van der Waals surface area contributed by atoms with Crippen molar-refractivity contribution in [1.29, 1.82) is 0 Å². The van der Waals surface area contributed by atoms with Crippen LogP contribution in [0.2, 0.25) is 5.02 Å². The second-order valence-electron chi connectivity index (χ2n) is 6.63. The number of carbonyl (C=O) groups excluding carboxylic acids is 3. The Morgan fingerprint density at radius 2 is 1.75 bits per heavy atom. The Morgan fingerprint density at radius 1 is 1.03 bits per heavy atom. The van der Waals surface area contributed by atoms with Crippen molar-refractivity contribution < 1.29 is 19.1 Å². The third-order valence-corrected chi connectivity index (χ3v) is 5.59. The summed E-state index contributed by atoms with van der Waals surface area (Å²) in [7, 11) is 1.45. The van der Waals surface area contributed by atoms with Crippen LogP contribution in [0.4, 0.5) is 5.69 Å². The Balaban J connectivity index is 1.54. The molecule has 1 heterocycles. The number of pyridine rings is 1. The second-order valence-corrected chi connectivity index (χ2v) is 8.09. The van der Waals surface area contributed by atoms with Crippen molar-refractivity contribution in [2.75, 3.05) is 25.5 Å². The molecule has 0 unspecified atom stereocenters. The molecule has 2 aromatic carbocycles. The van der Waals surface area contributed by atoms with E-state index in [0.717, 1.165) is 4.90 Å². The number of likely N-dealkylation sites (N-methyl/N-ethyl adjacent to an activating group) is 1. The lowest BCUT2D eigenvalue weighted by Crippen LogP contribution is -2.37. The first-order valence-corrected chi connectivity index (χ1v) is 10.8. The minimum absolute atomic E-state index is 0.219. The van der Waals surface area contributed by atoms with E-state index in [1.54, 1.807) is 42.6 Å². The average Bonchev–Trinajstić information content (AvgIpc) is 2.79. The van der Waals surface area contributed by atoms with Gasteiger partial charge in [0.1, 0.15) is 5.03 Å². The van der Waals surface area contributed by atoms with E-state index in [2.05, 4.69) is 10.3 Å². The summed E-state index contributed by atoms with van der Waals surface area (Å²) in [6, 6.07) is 19.5. The maximum absolute atomic E-state index is 12.5. The van der Waals surface area contributed by atoms with E-state index in [1.165, 1.54) is 23.7 Å². The van der Waals surface area contributed by atoms with E-state index >= 15 is 0 Å². The number of rotatable bonds is 8. The molecule has 32 heavy (non-hydrogen) atoms. The first-order valence-electron chi connectivity index (χ1n) is 9.57. The lowest BCUT2D eigenvalue weighted by atomic mass is 10.3. The van der Waals surface area contributed by atoms with Crippen molar-refractivity contribution in [3.8, 4) is 0 Å². The SMILES string of the molecule is CN(CC(=O)Nc1ccccc1Cl)C(=O)COC(=O)c1cccnc1Sc1ccccc1. The van der Waals surface area contributed by atoms with Gasteiger partial charge in [-0.25, -0.2) is 9.78 Å². The molecule has 0 saturated heterocycles. The number of esters is 1. The van der Waals surface area contributed by atoms with Gasteiger partial charge in [-0.05, 0) is 36.4 Å². The van der Waals surface area contributed by atoms with Crippen LogP contribution in [-0.2, 0) is 14.3 Å². The van der Waals surface area contributed by atoms with Gasteiger partial charge in [-0.2, -0.15) is 0 Å². The first-order chi connectivity index (χ1) is 15.4. The summed E-state index contributed by atoms with van der Waals surface area (Å²) in [5.74, 6) is -1.61. The Labute approximate surface area is 194 Å². The molecule has 164 valence electrons. The number of nitrogens with zero attached hydrogens (tertiary/aromatic N) is 2.